The molecule has 1 aliphatic carbocycles. The van der Waals surface area contributed by atoms with Crippen LogP contribution in [0.1, 0.15) is 50.5 Å². The van der Waals surface area contributed by atoms with Crippen LogP contribution in [0.4, 0.5) is 0 Å². The van der Waals surface area contributed by atoms with Crippen molar-refractivity contribution in [1.29, 1.82) is 0 Å². The average Bonchev–Trinajstić information content (AvgIpc) is 3.28. The number of imide groups is 1. The van der Waals surface area contributed by atoms with Crippen LogP contribution in [-0.2, 0) is 20.9 Å². The summed E-state index contributed by atoms with van der Waals surface area (Å²) in [4.78, 5) is 41.3. The lowest BCUT2D eigenvalue weighted by molar-refractivity contribution is -0.144. The van der Waals surface area contributed by atoms with E-state index in [9.17, 15) is 14.4 Å². The van der Waals surface area contributed by atoms with E-state index in [-0.39, 0.29) is 23.6 Å². The first kappa shape index (κ1) is 19.1. The molecule has 3 fully saturated rings. The van der Waals surface area contributed by atoms with E-state index in [1.807, 2.05) is 30.3 Å². The number of likely N-dealkylation sites (tertiary alicyclic amines) is 2. The molecule has 1 aromatic rings. The van der Waals surface area contributed by atoms with E-state index < -0.39 is 5.41 Å². The lowest BCUT2D eigenvalue weighted by Gasteiger charge is -2.33. The van der Waals surface area contributed by atoms with Crippen LogP contribution >= 0.6 is 0 Å². The van der Waals surface area contributed by atoms with Gasteiger partial charge in [-0.25, -0.2) is 0 Å². The highest BCUT2D eigenvalue weighted by atomic mass is 16.2. The number of carbonyl (C=O) groups is 3. The molecule has 150 valence electrons. The number of carbonyl (C=O) groups excluding carboxylic acids is 3. The molecular formula is C22H29N3O3. The Morgan fingerprint density at radius 3 is 2.43 bits per heavy atom. The fraction of sp³-hybridized carbons (Fsp3) is 0.591. The fourth-order valence-corrected chi connectivity index (χ4v) is 4.91. The quantitative estimate of drug-likeness (QED) is 0.792. The molecule has 1 spiro atoms. The standard InChI is InChI=1S/C22H29N3O3/c26-19-14-22(10-4-5-11-22)21(28)25(19)16-24-12-8-18(9-13-24)20(27)23-15-17-6-2-1-3-7-17/h1-3,6-7,18H,4-5,8-16H2,(H,23,27). The number of hydrogen-bond donors (Lipinski definition) is 1. The lowest BCUT2D eigenvalue weighted by Crippen LogP contribution is -2.47. The third-order valence-electron chi connectivity index (χ3n) is 6.66. The van der Waals surface area contributed by atoms with Crippen LogP contribution in [0, 0.1) is 11.3 Å². The van der Waals surface area contributed by atoms with E-state index in [1.165, 1.54) is 4.90 Å². The van der Waals surface area contributed by atoms with Gasteiger partial charge < -0.3 is 5.32 Å². The Labute approximate surface area is 166 Å². The Kier molecular flexibility index (Phi) is 5.49. The molecule has 3 aliphatic rings. The van der Waals surface area contributed by atoms with Gasteiger partial charge in [0.1, 0.15) is 0 Å². The van der Waals surface area contributed by atoms with Crippen molar-refractivity contribution in [2.45, 2.75) is 51.5 Å². The molecular weight excluding hydrogens is 354 g/mol. The Morgan fingerprint density at radius 2 is 1.75 bits per heavy atom. The summed E-state index contributed by atoms with van der Waals surface area (Å²) in [5.41, 5.74) is 0.701. The van der Waals surface area contributed by atoms with E-state index in [1.54, 1.807) is 0 Å². The van der Waals surface area contributed by atoms with Gasteiger partial charge in [-0.3, -0.25) is 24.2 Å². The van der Waals surface area contributed by atoms with Gasteiger partial charge >= 0.3 is 0 Å². The zero-order chi connectivity index (χ0) is 19.6. The third-order valence-corrected chi connectivity index (χ3v) is 6.66. The minimum absolute atomic E-state index is 0.00566. The first-order chi connectivity index (χ1) is 13.6. The Morgan fingerprint density at radius 1 is 1.07 bits per heavy atom. The van der Waals surface area contributed by atoms with Crippen molar-refractivity contribution in [3.63, 3.8) is 0 Å². The van der Waals surface area contributed by atoms with Gasteiger partial charge in [0.2, 0.25) is 17.7 Å². The maximum Gasteiger partial charge on any atom is 0.237 e. The lowest BCUT2D eigenvalue weighted by atomic mass is 9.85. The summed E-state index contributed by atoms with van der Waals surface area (Å²) in [7, 11) is 0. The molecule has 0 aromatic heterocycles. The third kappa shape index (κ3) is 3.83. The molecule has 28 heavy (non-hydrogen) atoms. The topological polar surface area (TPSA) is 69.7 Å². The Bertz CT molecular complexity index is 735. The van der Waals surface area contributed by atoms with Gasteiger partial charge in [0.05, 0.1) is 12.1 Å². The Balaban J connectivity index is 1.25. The molecule has 0 unspecified atom stereocenters. The predicted octanol–water partition coefficient (Wildman–Crippen LogP) is 2.29. The minimum Gasteiger partial charge on any atom is -0.352 e. The van der Waals surface area contributed by atoms with Gasteiger partial charge in [-0.05, 0) is 31.2 Å². The minimum atomic E-state index is -0.396. The average molecular weight is 383 g/mol. The molecule has 1 saturated carbocycles. The second kappa shape index (κ2) is 8.03. The molecule has 2 aliphatic heterocycles. The normalized spacial score (nSPS) is 22.9. The second-order valence-electron chi connectivity index (χ2n) is 8.53. The zero-order valence-corrected chi connectivity index (χ0v) is 16.4. The summed E-state index contributed by atoms with van der Waals surface area (Å²) in [5, 5.41) is 3.03. The van der Waals surface area contributed by atoms with E-state index in [0.717, 1.165) is 57.2 Å². The van der Waals surface area contributed by atoms with E-state index >= 15 is 0 Å². The van der Waals surface area contributed by atoms with Crippen LogP contribution in [0.3, 0.4) is 0 Å². The first-order valence-electron chi connectivity index (χ1n) is 10.5. The van der Waals surface area contributed by atoms with Crippen LogP contribution < -0.4 is 5.32 Å². The first-order valence-corrected chi connectivity index (χ1v) is 10.5. The fourth-order valence-electron chi connectivity index (χ4n) is 4.91. The summed E-state index contributed by atoms with van der Waals surface area (Å²) in [6, 6.07) is 9.91. The summed E-state index contributed by atoms with van der Waals surface area (Å²) in [6.07, 6.45) is 5.75. The monoisotopic (exact) mass is 383 g/mol. The van der Waals surface area contributed by atoms with Crippen molar-refractivity contribution in [2.75, 3.05) is 19.8 Å². The van der Waals surface area contributed by atoms with Crippen LogP contribution in [0.5, 0.6) is 0 Å². The molecule has 0 bridgehead atoms. The van der Waals surface area contributed by atoms with Crippen LogP contribution in [-0.4, -0.2) is 47.3 Å². The molecule has 2 saturated heterocycles. The van der Waals surface area contributed by atoms with Crippen molar-refractivity contribution < 1.29 is 14.4 Å². The van der Waals surface area contributed by atoms with Gasteiger partial charge in [0, 0.05) is 32.0 Å². The SMILES string of the molecule is O=C(NCc1ccccc1)C1CCN(CN2C(=O)CC3(CCCC3)C2=O)CC1. The van der Waals surface area contributed by atoms with Crippen molar-refractivity contribution in [2.24, 2.45) is 11.3 Å². The molecule has 1 N–H and O–H groups in total. The molecule has 1 aromatic carbocycles. The molecule has 4 rings (SSSR count). The summed E-state index contributed by atoms with van der Waals surface area (Å²) >= 11 is 0. The number of rotatable bonds is 5. The molecule has 0 radical (unpaired) electrons. The van der Waals surface area contributed by atoms with Gasteiger partial charge in [-0.2, -0.15) is 0 Å². The second-order valence-corrected chi connectivity index (χ2v) is 8.53. The van der Waals surface area contributed by atoms with Crippen LogP contribution in [0.2, 0.25) is 0 Å². The number of benzene rings is 1. The smallest absolute Gasteiger partial charge is 0.237 e. The highest BCUT2D eigenvalue weighted by Crippen LogP contribution is 2.46. The van der Waals surface area contributed by atoms with Crippen molar-refractivity contribution in [1.82, 2.24) is 15.1 Å². The van der Waals surface area contributed by atoms with Crippen LogP contribution in [0.15, 0.2) is 30.3 Å². The maximum absolute atomic E-state index is 12.8. The van der Waals surface area contributed by atoms with E-state index in [4.69, 9.17) is 0 Å². The van der Waals surface area contributed by atoms with E-state index in [2.05, 4.69) is 10.2 Å². The number of nitrogens with one attached hydrogen (secondary N) is 1. The van der Waals surface area contributed by atoms with E-state index in [0.29, 0.717) is 19.6 Å². The zero-order valence-electron chi connectivity index (χ0n) is 16.4. The molecule has 6 nitrogen and oxygen atoms in total. The van der Waals surface area contributed by atoms with Crippen molar-refractivity contribution >= 4 is 17.7 Å². The largest absolute Gasteiger partial charge is 0.352 e. The van der Waals surface area contributed by atoms with Gasteiger partial charge in [-0.15, -0.1) is 0 Å². The molecule has 3 amide bonds. The Hall–Kier alpha value is -2.21. The highest BCUT2D eigenvalue weighted by Gasteiger charge is 2.52. The summed E-state index contributed by atoms with van der Waals surface area (Å²) < 4.78 is 0. The molecule has 0 atom stereocenters. The van der Waals surface area contributed by atoms with Crippen molar-refractivity contribution in [3.8, 4) is 0 Å². The number of hydrogen-bond acceptors (Lipinski definition) is 4. The predicted molar refractivity (Wildman–Crippen MR) is 105 cm³/mol. The highest BCUT2D eigenvalue weighted by molar-refractivity contribution is 6.06. The van der Waals surface area contributed by atoms with Crippen molar-refractivity contribution in [3.05, 3.63) is 35.9 Å². The molecule has 2 heterocycles. The van der Waals surface area contributed by atoms with Gasteiger partial charge in [-0.1, -0.05) is 43.2 Å². The van der Waals surface area contributed by atoms with Gasteiger partial charge in [0.25, 0.3) is 0 Å². The number of piperidine rings is 1. The number of nitrogens with zero attached hydrogens (tertiary/aromatic N) is 2. The maximum atomic E-state index is 12.8. The van der Waals surface area contributed by atoms with Gasteiger partial charge in [0.15, 0.2) is 0 Å². The summed E-state index contributed by atoms with van der Waals surface area (Å²) in [6.45, 7) is 2.43. The van der Waals surface area contributed by atoms with Crippen LogP contribution in [0.25, 0.3) is 0 Å². The number of amides is 3. The molecule has 6 heteroatoms. The summed E-state index contributed by atoms with van der Waals surface area (Å²) in [5.74, 6) is 0.125.